The van der Waals surface area contributed by atoms with Gasteiger partial charge in [-0.2, -0.15) is 0 Å². The molecular formula is C9H12N2O2. The lowest BCUT2D eigenvalue weighted by Gasteiger charge is -2.05. The number of nitrogens with zero attached hydrogens (tertiary/aromatic N) is 1. The Kier molecular flexibility index (Phi) is 3.40. The fraction of sp³-hybridized carbons (Fsp3) is 0.333. The summed E-state index contributed by atoms with van der Waals surface area (Å²) in [5, 5.41) is 11.5. The van der Waals surface area contributed by atoms with Crippen LogP contribution in [0.15, 0.2) is 24.5 Å². The average Bonchev–Trinajstić information content (AvgIpc) is 2.15. The third-order valence-electron chi connectivity index (χ3n) is 1.48. The molecule has 0 unspecified atom stereocenters. The second kappa shape index (κ2) is 4.57. The number of carbonyl (C=O) groups is 1. The van der Waals surface area contributed by atoms with E-state index >= 15 is 0 Å². The maximum absolute atomic E-state index is 11.3. The van der Waals surface area contributed by atoms with Gasteiger partial charge in [0.15, 0.2) is 0 Å². The SMILES string of the molecule is C[C@H](O)CNC(=O)c1cccnc1. The van der Waals surface area contributed by atoms with E-state index in [1.807, 2.05) is 0 Å². The van der Waals surface area contributed by atoms with E-state index in [1.54, 1.807) is 25.3 Å². The molecule has 1 aromatic heterocycles. The molecule has 0 aliphatic rings. The van der Waals surface area contributed by atoms with Gasteiger partial charge in [-0.05, 0) is 19.1 Å². The molecule has 4 nitrogen and oxygen atoms in total. The van der Waals surface area contributed by atoms with Gasteiger partial charge in [0.05, 0.1) is 11.7 Å². The number of hydrogen-bond donors (Lipinski definition) is 2. The Bertz CT molecular complexity index is 272. The van der Waals surface area contributed by atoms with Crippen molar-refractivity contribution in [2.45, 2.75) is 13.0 Å². The van der Waals surface area contributed by atoms with Gasteiger partial charge in [-0.25, -0.2) is 0 Å². The van der Waals surface area contributed by atoms with Crippen molar-refractivity contribution in [1.29, 1.82) is 0 Å². The molecule has 0 bridgehead atoms. The molecule has 0 fully saturated rings. The number of hydrogen-bond acceptors (Lipinski definition) is 3. The van der Waals surface area contributed by atoms with Crippen LogP contribution in [0, 0.1) is 0 Å². The second-order valence-corrected chi connectivity index (χ2v) is 2.80. The molecule has 0 spiro atoms. The van der Waals surface area contributed by atoms with E-state index in [9.17, 15) is 4.79 Å². The van der Waals surface area contributed by atoms with Crippen molar-refractivity contribution in [3.05, 3.63) is 30.1 Å². The van der Waals surface area contributed by atoms with Gasteiger partial charge in [0.25, 0.3) is 5.91 Å². The first-order chi connectivity index (χ1) is 6.20. The minimum absolute atomic E-state index is 0.214. The van der Waals surface area contributed by atoms with Crippen LogP contribution in [0.1, 0.15) is 17.3 Å². The Balaban J connectivity index is 2.50. The summed E-state index contributed by atoms with van der Waals surface area (Å²) in [4.78, 5) is 15.1. The zero-order valence-corrected chi connectivity index (χ0v) is 7.40. The van der Waals surface area contributed by atoms with E-state index in [-0.39, 0.29) is 12.5 Å². The van der Waals surface area contributed by atoms with Gasteiger partial charge in [-0.1, -0.05) is 0 Å². The first kappa shape index (κ1) is 9.67. The highest BCUT2D eigenvalue weighted by atomic mass is 16.3. The van der Waals surface area contributed by atoms with Crippen molar-refractivity contribution >= 4 is 5.91 Å². The second-order valence-electron chi connectivity index (χ2n) is 2.80. The minimum atomic E-state index is -0.527. The van der Waals surface area contributed by atoms with E-state index in [2.05, 4.69) is 10.3 Å². The van der Waals surface area contributed by atoms with Gasteiger partial charge in [-0.3, -0.25) is 9.78 Å². The lowest BCUT2D eigenvalue weighted by Crippen LogP contribution is -2.30. The zero-order chi connectivity index (χ0) is 9.68. The summed E-state index contributed by atoms with van der Waals surface area (Å²) in [7, 11) is 0. The largest absolute Gasteiger partial charge is 0.392 e. The quantitative estimate of drug-likeness (QED) is 0.698. The minimum Gasteiger partial charge on any atom is -0.392 e. The van der Waals surface area contributed by atoms with E-state index in [4.69, 9.17) is 5.11 Å². The monoisotopic (exact) mass is 180 g/mol. The summed E-state index contributed by atoms with van der Waals surface area (Å²) in [6.07, 6.45) is 2.56. The maximum Gasteiger partial charge on any atom is 0.252 e. The highest BCUT2D eigenvalue weighted by Crippen LogP contribution is 1.94. The number of aromatic nitrogens is 1. The number of aliphatic hydroxyl groups is 1. The smallest absolute Gasteiger partial charge is 0.252 e. The van der Waals surface area contributed by atoms with E-state index in [0.717, 1.165) is 0 Å². The maximum atomic E-state index is 11.3. The van der Waals surface area contributed by atoms with Crippen molar-refractivity contribution < 1.29 is 9.90 Å². The van der Waals surface area contributed by atoms with Crippen molar-refractivity contribution in [2.75, 3.05) is 6.54 Å². The summed E-state index contributed by atoms with van der Waals surface area (Å²) in [5.41, 5.74) is 0.503. The predicted molar refractivity (Wildman–Crippen MR) is 48.3 cm³/mol. The van der Waals surface area contributed by atoms with E-state index in [0.29, 0.717) is 5.56 Å². The molecule has 1 rings (SSSR count). The molecule has 1 heterocycles. The fourth-order valence-electron chi connectivity index (χ4n) is 0.840. The normalized spacial score (nSPS) is 12.2. The molecule has 70 valence electrons. The number of rotatable bonds is 3. The number of carbonyl (C=O) groups excluding carboxylic acids is 1. The van der Waals surface area contributed by atoms with Gasteiger partial charge in [0.2, 0.25) is 0 Å². The fourth-order valence-corrected chi connectivity index (χ4v) is 0.840. The molecule has 4 heteroatoms. The summed E-state index contributed by atoms with van der Waals surface area (Å²) >= 11 is 0. The van der Waals surface area contributed by atoms with Crippen LogP contribution in [0.4, 0.5) is 0 Å². The molecule has 1 aromatic rings. The Morgan fingerprint density at radius 2 is 2.54 bits per heavy atom. The van der Waals surface area contributed by atoms with Crippen LogP contribution in [0.2, 0.25) is 0 Å². The summed E-state index contributed by atoms with van der Waals surface area (Å²) < 4.78 is 0. The molecule has 1 atom stereocenters. The van der Waals surface area contributed by atoms with Gasteiger partial charge in [0.1, 0.15) is 0 Å². The van der Waals surface area contributed by atoms with Crippen molar-refractivity contribution in [3.8, 4) is 0 Å². The molecule has 0 aromatic carbocycles. The van der Waals surface area contributed by atoms with Crippen LogP contribution >= 0.6 is 0 Å². The topological polar surface area (TPSA) is 62.2 Å². The lowest BCUT2D eigenvalue weighted by molar-refractivity contribution is 0.0923. The predicted octanol–water partition coefficient (Wildman–Crippen LogP) is 0.192. The molecule has 0 saturated carbocycles. The number of aliphatic hydroxyl groups excluding tert-OH is 1. The van der Waals surface area contributed by atoms with Crippen molar-refractivity contribution in [3.63, 3.8) is 0 Å². The standard InChI is InChI=1S/C9H12N2O2/c1-7(12)5-11-9(13)8-3-2-4-10-6-8/h2-4,6-7,12H,5H2,1H3,(H,11,13)/t7-/m0/s1. The number of pyridine rings is 1. The summed E-state index contributed by atoms with van der Waals surface area (Å²) in [6.45, 7) is 1.87. The van der Waals surface area contributed by atoms with Crippen LogP contribution < -0.4 is 5.32 Å². The van der Waals surface area contributed by atoms with Crippen molar-refractivity contribution in [1.82, 2.24) is 10.3 Å². The van der Waals surface area contributed by atoms with E-state index in [1.165, 1.54) is 6.20 Å². The Morgan fingerprint density at radius 1 is 1.77 bits per heavy atom. The Hall–Kier alpha value is -1.42. The summed E-state index contributed by atoms with van der Waals surface area (Å²) in [5.74, 6) is -0.214. The third kappa shape index (κ3) is 3.21. The van der Waals surface area contributed by atoms with Gasteiger partial charge >= 0.3 is 0 Å². The third-order valence-corrected chi connectivity index (χ3v) is 1.48. The van der Waals surface area contributed by atoms with Crippen LogP contribution in [0.25, 0.3) is 0 Å². The van der Waals surface area contributed by atoms with Crippen LogP contribution in [0.5, 0.6) is 0 Å². The van der Waals surface area contributed by atoms with Gasteiger partial charge in [0, 0.05) is 18.9 Å². The lowest BCUT2D eigenvalue weighted by atomic mass is 10.2. The molecule has 0 radical (unpaired) electrons. The average molecular weight is 180 g/mol. The molecule has 0 saturated heterocycles. The van der Waals surface area contributed by atoms with Gasteiger partial charge in [-0.15, -0.1) is 0 Å². The highest BCUT2D eigenvalue weighted by molar-refractivity contribution is 5.93. The first-order valence-electron chi connectivity index (χ1n) is 4.06. The van der Waals surface area contributed by atoms with E-state index < -0.39 is 6.10 Å². The van der Waals surface area contributed by atoms with Crippen LogP contribution in [-0.2, 0) is 0 Å². The molecule has 13 heavy (non-hydrogen) atoms. The first-order valence-corrected chi connectivity index (χ1v) is 4.06. The van der Waals surface area contributed by atoms with Gasteiger partial charge < -0.3 is 10.4 Å². The van der Waals surface area contributed by atoms with Crippen LogP contribution in [-0.4, -0.2) is 28.6 Å². The number of amides is 1. The molecule has 0 aliphatic carbocycles. The highest BCUT2D eigenvalue weighted by Gasteiger charge is 2.04. The number of nitrogens with one attached hydrogen (secondary N) is 1. The molecule has 1 amide bonds. The molecule has 2 N–H and O–H groups in total. The zero-order valence-electron chi connectivity index (χ0n) is 7.40. The van der Waals surface area contributed by atoms with Crippen LogP contribution in [0.3, 0.4) is 0 Å². The summed E-state index contributed by atoms with van der Waals surface area (Å²) in [6, 6.07) is 3.36. The Morgan fingerprint density at radius 3 is 3.08 bits per heavy atom. The molecular weight excluding hydrogens is 168 g/mol. The van der Waals surface area contributed by atoms with Crippen molar-refractivity contribution in [2.24, 2.45) is 0 Å². The molecule has 0 aliphatic heterocycles. The Labute approximate surface area is 76.6 Å².